The van der Waals surface area contributed by atoms with Gasteiger partial charge in [0.15, 0.2) is 0 Å². The summed E-state index contributed by atoms with van der Waals surface area (Å²) >= 11 is 0. The third-order valence-corrected chi connectivity index (χ3v) is 3.10. The molecule has 0 bridgehead atoms. The van der Waals surface area contributed by atoms with Crippen LogP contribution >= 0.6 is 0 Å². The standard InChI is InChI=1S/C14H17N3O/c15-8-4-1-5-9-16-14(18)13-10-11-6-2-3-7-12(11)17-13/h2-3,6-7,13,17H,1,4-5,9-10H2,(H,16,18). The Kier molecular flexibility index (Phi) is 4.19. The number of amides is 1. The smallest absolute Gasteiger partial charge is 0.242 e. The second kappa shape index (κ2) is 6.06. The molecule has 1 aliphatic heterocycles. The minimum absolute atomic E-state index is 0.0446. The van der Waals surface area contributed by atoms with E-state index in [4.69, 9.17) is 5.26 Å². The zero-order chi connectivity index (χ0) is 12.8. The highest BCUT2D eigenvalue weighted by Crippen LogP contribution is 2.24. The van der Waals surface area contributed by atoms with Crippen LogP contribution in [0.5, 0.6) is 0 Å². The van der Waals surface area contributed by atoms with Gasteiger partial charge >= 0.3 is 0 Å². The molecule has 0 aromatic heterocycles. The quantitative estimate of drug-likeness (QED) is 0.775. The van der Waals surface area contributed by atoms with Gasteiger partial charge in [0, 0.05) is 25.1 Å². The Bertz CT molecular complexity index is 439. The molecule has 4 heteroatoms. The Balaban J connectivity index is 1.74. The summed E-state index contributed by atoms with van der Waals surface area (Å²) in [4.78, 5) is 11.9. The number of nitrogens with zero attached hydrogens (tertiary/aromatic N) is 1. The Morgan fingerprint density at radius 2 is 2.28 bits per heavy atom. The number of anilines is 1. The van der Waals surface area contributed by atoms with E-state index < -0.39 is 0 Å². The summed E-state index contributed by atoms with van der Waals surface area (Å²) in [6.07, 6.45) is 3.01. The van der Waals surface area contributed by atoms with Gasteiger partial charge < -0.3 is 10.6 Å². The number of carbonyl (C=O) groups is 1. The summed E-state index contributed by atoms with van der Waals surface area (Å²) in [5, 5.41) is 14.5. The van der Waals surface area contributed by atoms with Gasteiger partial charge in [0.1, 0.15) is 6.04 Å². The van der Waals surface area contributed by atoms with Crippen LogP contribution in [0.15, 0.2) is 24.3 Å². The molecule has 0 fully saturated rings. The van der Waals surface area contributed by atoms with Crippen LogP contribution in [0.1, 0.15) is 24.8 Å². The molecule has 1 aromatic carbocycles. The Hall–Kier alpha value is -2.02. The summed E-state index contributed by atoms with van der Waals surface area (Å²) in [5.74, 6) is 0.0446. The number of unbranched alkanes of at least 4 members (excludes halogenated alkanes) is 2. The van der Waals surface area contributed by atoms with E-state index in [1.54, 1.807) is 0 Å². The number of nitrogens with one attached hydrogen (secondary N) is 2. The molecule has 1 atom stereocenters. The Morgan fingerprint density at radius 3 is 3.06 bits per heavy atom. The van der Waals surface area contributed by atoms with E-state index in [-0.39, 0.29) is 11.9 Å². The van der Waals surface area contributed by atoms with Crippen LogP contribution in [0.4, 0.5) is 5.69 Å². The summed E-state index contributed by atoms with van der Waals surface area (Å²) < 4.78 is 0. The molecule has 1 aliphatic rings. The lowest BCUT2D eigenvalue weighted by Crippen LogP contribution is -2.38. The molecule has 0 spiro atoms. The molecule has 0 saturated carbocycles. The molecule has 0 radical (unpaired) electrons. The van der Waals surface area contributed by atoms with Crippen molar-refractivity contribution in [3.8, 4) is 6.07 Å². The second-order valence-electron chi connectivity index (χ2n) is 4.46. The van der Waals surface area contributed by atoms with Gasteiger partial charge in [-0.25, -0.2) is 0 Å². The zero-order valence-electron chi connectivity index (χ0n) is 10.3. The fourth-order valence-corrected chi connectivity index (χ4v) is 2.12. The topological polar surface area (TPSA) is 64.9 Å². The fourth-order valence-electron chi connectivity index (χ4n) is 2.12. The van der Waals surface area contributed by atoms with Crippen molar-refractivity contribution in [3.05, 3.63) is 29.8 Å². The van der Waals surface area contributed by atoms with Crippen LogP contribution < -0.4 is 10.6 Å². The largest absolute Gasteiger partial charge is 0.373 e. The van der Waals surface area contributed by atoms with Crippen LogP contribution in [0.2, 0.25) is 0 Å². The van der Waals surface area contributed by atoms with Gasteiger partial charge in [-0.05, 0) is 24.5 Å². The number of hydrogen-bond donors (Lipinski definition) is 2. The van der Waals surface area contributed by atoms with Gasteiger partial charge in [0.05, 0.1) is 6.07 Å². The third-order valence-electron chi connectivity index (χ3n) is 3.10. The van der Waals surface area contributed by atoms with Crippen molar-refractivity contribution in [1.82, 2.24) is 5.32 Å². The maximum atomic E-state index is 11.9. The van der Waals surface area contributed by atoms with Gasteiger partial charge in [-0.1, -0.05) is 18.2 Å². The lowest BCUT2D eigenvalue weighted by molar-refractivity contribution is -0.121. The summed E-state index contributed by atoms with van der Waals surface area (Å²) in [6, 6.07) is 9.94. The minimum atomic E-state index is -0.154. The molecular weight excluding hydrogens is 226 g/mol. The van der Waals surface area contributed by atoms with Crippen molar-refractivity contribution in [2.75, 3.05) is 11.9 Å². The number of benzene rings is 1. The first-order valence-electron chi connectivity index (χ1n) is 6.30. The Morgan fingerprint density at radius 1 is 1.44 bits per heavy atom. The highest BCUT2D eigenvalue weighted by molar-refractivity contribution is 5.87. The molecule has 94 valence electrons. The SMILES string of the molecule is N#CCCCCNC(=O)C1Cc2ccccc2N1. The van der Waals surface area contributed by atoms with Crippen molar-refractivity contribution in [2.24, 2.45) is 0 Å². The van der Waals surface area contributed by atoms with Gasteiger partial charge in [-0.2, -0.15) is 5.26 Å². The normalized spacial score (nSPS) is 16.5. The lowest BCUT2D eigenvalue weighted by atomic mass is 10.1. The van der Waals surface area contributed by atoms with E-state index in [0.29, 0.717) is 13.0 Å². The van der Waals surface area contributed by atoms with Gasteiger partial charge in [0.25, 0.3) is 0 Å². The molecular formula is C14H17N3O. The number of rotatable bonds is 5. The van der Waals surface area contributed by atoms with Crippen molar-refractivity contribution in [2.45, 2.75) is 31.7 Å². The molecule has 18 heavy (non-hydrogen) atoms. The lowest BCUT2D eigenvalue weighted by Gasteiger charge is -2.11. The minimum Gasteiger partial charge on any atom is -0.373 e. The van der Waals surface area contributed by atoms with E-state index >= 15 is 0 Å². The number of carbonyl (C=O) groups excluding carboxylic acids is 1. The Labute approximate surface area is 107 Å². The van der Waals surface area contributed by atoms with Crippen LogP contribution in [0, 0.1) is 11.3 Å². The summed E-state index contributed by atoms with van der Waals surface area (Å²) in [6.45, 7) is 0.648. The maximum absolute atomic E-state index is 11.9. The van der Waals surface area contributed by atoms with E-state index in [1.807, 2.05) is 24.3 Å². The molecule has 1 heterocycles. The van der Waals surface area contributed by atoms with E-state index in [9.17, 15) is 4.79 Å². The molecule has 1 unspecified atom stereocenters. The number of nitriles is 1. The molecule has 0 aliphatic carbocycles. The monoisotopic (exact) mass is 243 g/mol. The van der Waals surface area contributed by atoms with Gasteiger partial charge in [-0.3, -0.25) is 4.79 Å². The van der Waals surface area contributed by atoms with Crippen molar-refractivity contribution in [3.63, 3.8) is 0 Å². The van der Waals surface area contributed by atoms with E-state index in [2.05, 4.69) is 16.7 Å². The summed E-state index contributed by atoms with van der Waals surface area (Å²) in [7, 11) is 0. The predicted octanol–water partition coefficient (Wildman–Crippen LogP) is 1.83. The van der Waals surface area contributed by atoms with Crippen LogP contribution in [0.25, 0.3) is 0 Å². The molecule has 1 aromatic rings. The first-order valence-corrected chi connectivity index (χ1v) is 6.30. The number of para-hydroxylation sites is 1. The van der Waals surface area contributed by atoms with Gasteiger partial charge in [0.2, 0.25) is 5.91 Å². The predicted molar refractivity (Wildman–Crippen MR) is 70.0 cm³/mol. The van der Waals surface area contributed by atoms with Crippen LogP contribution in [-0.4, -0.2) is 18.5 Å². The average Bonchev–Trinajstić information content (AvgIpc) is 2.82. The molecule has 2 N–H and O–H groups in total. The first kappa shape index (κ1) is 12.4. The molecule has 1 amide bonds. The number of hydrogen-bond acceptors (Lipinski definition) is 3. The third kappa shape index (κ3) is 3.01. The fraction of sp³-hybridized carbons (Fsp3) is 0.429. The van der Waals surface area contributed by atoms with Gasteiger partial charge in [-0.15, -0.1) is 0 Å². The maximum Gasteiger partial charge on any atom is 0.242 e. The highest BCUT2D eigenvalue weighted by atomic mass is 16.2. The molecule has 0 saturated heterocycles. The molecule has 4 nitrogen and oxygen atoms in total. The summed E-state index contributed by atoms with van der Waals surface area (Å²) in [5.41, 5.74) is 2.25. The highest BCUT2D eigenvalue weighted by Gasteiger charge is 2.25. The average molecular weight is 243 g/mol. The van der Waals surface area contributed by atoms with Crippen molar-refractivity contribution >= 4 is 11.6 Å². The van der Waals surface area contributed by atoms with Crippen LogP contribution in [-0.2, 0) is 11.2 Å². The van der Waals surface area contributed by atoms with E-state index in [1.165, 1.54) is 5.56 Å². The molecule has 2 rings (SSSR count). The van der Waals surface area contributed by atoms with Crippen molar-refractivity contribution in [1.29, 1.82) is 5.26 Å². The van der Waals surface area contributed by atoms with Crippen molar-refractivity contribution < 1.29 is 4.79 Å². The zero-order valence-corrected chi connectivity index (χ0v) is 10.3. The van der Waals surface area contributed by atoms with E-state index in [0.717, 1.165) is 24.9 Å². The second-order valence-corrected chi connectivity index (χ2v) is 4.46. The van der Waals surface area contributed by atoms with Crippen LogP contribution in [0.3, 0.4) is 0 Å². The number of fused-ring (bicyclic) bond motifs is 1. The first-order chi connectivity index (χ1) is 8.81.